The van der Waals surface area contributed by atoms with E-state index >= 15 is 0 Å². The van der Waals surface area contributed by atoms with Gasteiger partial charge in [0.2, 0.25) is 10.0 Å². The SMILES string of the molecule is CC(=O)c1ccc(S(=O)(=O)N2CCN([C@@H](C)c3nc4ccccc4n3C(F)F)CC2)cc1. The molecule has 32 heavy (non-hydrogen) atoms. The molecular weight excluding hydrogens is 438 g/mol. The summed E-state index contributed by atoms with van der Waals surface area (Å²) in [5.74, 6) is 0.128. The lowest BCUT2D eigenvalue weighted by molar-refractivity contribution is 0.0615. The van der Waals surface area contributed by atoms with Crippen LogP contribution < -0.4 is 0 Å². The van der Waals surface area contributed by atoms with Gasteiger partial charge in [-0.3, -0.25) is 14.3 Å². The molecule has 7 nitrogen and oxygen atoms in total. The Balaban J connectivity index is 1.51. The van der Waals surface area contributed by atoms with Crippen molar-refractivity contribution in [2.45, 2.75) is 31.3 Å². The molecule has 170 valence electrons. The van der Waals surface area contributed by atoms with Crippen molar-refractivity contribution in [2.24, 2.45) is 0 Å². The zero-order chi connectivity index (χ0) is 23.0. The Kier molecular flexibility index (Phi) is 6.11. The number of carbonyl (C=O) groups excluding carboxylic acids is 1. The first kappa shape index (κ1) is 22.5. The van der Waals surface area contributed by atoms with E-state index < -0.39 is 22.6 Å². The number of aromatic nitrogens is 2. The number of ketones is 1. The molecule has 1 aliphatic heterocycles. The molecular formula is C22H24F2N4O3S. The maximum absolute atomic E-state index is 13.8. The van der Waals surface area contributed by atoms with E-state index in [0.29, 0.717) is 29.7 Å². The van der Waals surface area contributed by atoms with E-state index in [1.54, 1.807) is 24.3 Å². The summed E-state index contributed by atoms with van der Waals surface area (Å²) in [4.78, 5) is 17.9. The average Bonchev–Trinajstić information content (AvgIpc) is 3.18. The van der Waals surface area contributed by atoms with Crippen molar-refractivity contribution in [3.8, 4) is 0 Å². The van der Waals surface area contributed by atoms with Gasteiger partial charge < -0.3 is 0 Å². The number of hydrogen-bond acceptors (Lipinski definition) is 5. The summed E-state index contributed by atoms with van der Waals surface area (Å²) < 4.78 is 55.9. The fourth-order valence-corrected chi connectivity index (χ4v) is 5.49. The van der Waals surface area contributed by atoms with Crippen LogP contribution in [0.4, 0.5) is 8.78 Å². The Bertz CT molecular complexity index is 1230. The number of rotatable bonds is 6. The molecule has 3 aromatic rings. The number of sulfonamides is 1. The zero-order valence-corrected chi connectivity index (χ0v) is 18.6. The van der Waals surface area contributed by atoms with Gasteiger partial charge in [0.25, 0.3) is 0 Å². The number of fused-ring (bicyclic) bond motifs is 1. The molecule has 1 aromatic heterocycles. The minimum absolute atomic E-state index is 0.128. The van der Waals surface area contributed by atoms with Crippen LogP contribution in [0.2, 0.25) is 0 Å². The first-order chi connectivity index (χ1) is 15.2. The predicted molar refractivity (Wildman–Crippen MR) is 116 cm³/mol. The Labute approximate surface area is 185 Å². The number of imidazole rings is 1. The molecule has 0 N–H and O–H groups in total. The van der Waals surface area contributed by atoms with Gasteiger partial charge in [-0.1, -0.05) is 24.3 Å². The second-order valence-electron chi connectivity index (χ2n) is 7.80. The molecule has 1 aliphatic rings. The molecule has 1 fully saturated rings. The van der Waals surface area contributed by atoms with Gasteiger partial charge in [-0.05, 0) is 38.1 Å². The van der Waals surface area contributed by atoms with Gasteiger partial charge in [0.1, 0.15) is 5.82 Å². The van der Waals surface area contributed by atoms with Crippen LogP contribution in [0, 0.1) is 0 Å². The van der Waals surface area contributed by atoms with Crippen molar-refractivity contribution in [2.75, 3.05) is 26.2 Å². The normalized spacial score (nSPS) is 17.2. The number of para-hydroxylation sites is 2. The number of hydrogen-bond donors (Lipinski definition) is 0. The summed E-state index contributed by atoms with van der Waals surface area (Å²) in [6, 6.07) is 12.2. The fraction of sp³-hybridized carbons (Fsp3) is 0.364. The van der Waals surface area contributed by atoms with Crippen molar-refractivity contribution in [1.29, 1.82) is 0 Å². The number of Topliss-reactive ketones (excluding diaryl/α,β-unsaturated/α-hetero) is 1. The number of benzene rings is 2. The second kappa shape index (κ2) is 8.68. The molecule has 10 heteroatoms. The van der Waals surface area contributed by atoms with Crippen LogP contribution in [0.1, 0.15) is 42.6 Å². The lowest BCUT2D eigenvalue weighted by atomic mass is 10.2. The molecule has 2 heterocycles. The molecule has 1 saturated heterocycles. The monoisotopic (exact) mass is 462 g/mol. The number of halogens is 2. The van der Waals surface area contributed by atoms with Crippen molar-refractivity contribution in [1.82, 2.24) is 18.8 Å². The summed E-state index contributed by atoms with van der Waals surface area (Å²) >= 11 is 0. The van der Waals surface area contributed by atoms with Crippen LogP contribution in [0.15, 0.2) is 53.4 Å². The number of nitrogens with zero attached hydrogens (tertiary/aromatic N) is 4. The van der Waals surface area contributed by atoms with Gasteiger partial charge in [0, 0.05) is 31.7 Å². The summed E-state index contributed by atoms with van der Waals surface area (Å²) in [6.07, 6.45) is 0. The van der Waals surface area contributed by atoms with Gasteiger partial charge in [-0.15, -0.1) is 0 Å². The van der Waals surface area contributed by atoms with E-state index in [-0.39, 0.29) is 29.6 Å². The molecule has 0 spiro atoms. The smallest absolute Gasteiger partial charge is 0.295 e. The van der Waals surface area contributed by atoms with E-state index in [0.717, 1.165) is 4.57 Å². The standard InChI is InChI=1S/C22H24F2N4O3S/c1-15(21-25-19-5-3-4-6-20(19)28(21)22(23)24)26-11-13-27(14-12-26)32(30,31)18-9-7-17(8-10-18)16(2)29/h3-10,15,22H,11-14H2,1-2H3/t15-/m0/s1. The van der Waals surface area contributed by atoms with Gasteiger partial charge in [0.15, 0.2) is 5.78 Å². The summed E-state index contributed by atoms with van der Waals surface area (Å²) in [5, 5.41) is 0. The van der Waals surface area contributed by atoms with E-state index in [1.807, 2.05) is 11.8 Å². The Morgan fingerprint density at radius 2 is 1.62 bits per heavy atom. The third-order valence-corrected chi connectivity index (χ3v) is 7.82. The van der Waals surface area contributed by atoms with E-state index in [4.69, 9.17) is 0 Å². The Hall–Kier alpha value is -2.69. The van der Waals surface area contributed by atoms with Crippen LogP contribution in [0.3, 0.4) is 0 Å². The molecule has 0 bridgehead atoms. The predicted octanol–water partition coefficient (Wildman–Crippen LogP) is 3.70. The molecule has 1 atom stereocenters. The quantitative estimate of drug-likeness (QED) is 0.522. The maximum atomic E-state index is 13.8. The topological polar surface area (TPSA) is 75.5 Å². The van der Waals surface area contributed by atoms with Gasteiger partial charge in [-0.2, -0.15) is 13.1 Å². The Morgan fingerprint density at radius 1 is 1.00 bits per heavy atom. The third kappa shape index (κ3) is 4.05. The highest BCUT2D eigenvalue weighted by Gasteiger charge is 2.32. The molecule has 0 amide bonds. The van der Waals surface area contributed by atoms with Crippen molar-refractivity contribution < 1.29 is 22.0 Å². The maximum Gasteiger partial charge on any atom is 0.320 e. The second-order valence-corrected chi connectivity index (χ2v) is 9.74. The molecule has 0 aliphatic carbocycles. The Morgan fingerprint density at radius 3 is 2.22 bits per heavy atom. The average molecular weight is 463 g/mol. The summed E-state index contributed by atoms with van der Waals surface area (Å²) in [7, 11) is -3.71. The molecule has 0 radical (unpaired) electrons. The van der Waals surface area contributed by atoms with Crippen molar-refractivity contribution in [3.05, 3.63) is 59.9 Å². The fourth-order valence-electron chi connectivity index (χ4n) is 4.07. The van der Waals surface area contributed by atoms with Crippen LogP contribution in [0.5, 0.6) is 0 Å². The number of piperazine rings is 1. The highest BCUT2D eigenvalue weighted by molar-refractivity contribution is 7.89. The van der Waals surface area contributed by atoms with Crippen LogP contribution >= 0.6 is 0 Å². The van der Waals surface area contributed by atoms with Gasteiger partial charge in [0.05, 0.1) is 22.0 Å². The lowest BCUT2D eigenvalue weighted by Crippen LogP contribution is -2.49. The summed E-state index contributed by atoms with van der Waals surface area (Å²) in [5.41, 5.74) is 1.33. The van der Waals surface area contributed by atoms with Gasteiger partial charge >= 0.3 is 6.55 Å². The van der Waals surface area contributed by atoms with Crippen LogP contribution in [-0.2, 0) is 10.0 Å². The summed E-state index contributed by atoms with van der Waals surface area (Å²) in [6.45, 7) is 1.75. The van der Waals surface area contributed by atoms with Crippen molar-refractivity contribution >= 4 is 26.8 Å². The van der Waals surface area contributed by atoms with E-state index in [9.17, 15) is 22.0 Å². The van der Waals surface area contributed by atoms with Gasteiger partial charge in [-0.25, -0.2) is 13.4 Å². The van der Waals surface area contributed by atoms with E-state index in [1.165, 1.54) is 35.5 Å². The molecule has 0 saturated carbocycles. The zero-order valence-electron chi connectivity index (χ0n) is 17.8. The minimum Gasteiger partial charge on any atom is -0.295 e. The minimum atomic E-state index is -3.71. The lowest BCUT2D eigenvalue weighted by Gasteiger charge is -2.37. The molecule has 0 unspecified atom stereocenters. The first-order valence-electron chi connectivity index (χ1n) is 10.3. The first-order valence-corrected chi connectivity index (χ1v) is 11.7. The van der Waals surface area contributed by atoms with Crippen LogP contribution in [0.25, 0.3) is 11.0 Å². The molecule has 2 aromatic carbocycles. The number of alkyl halides is 2. The molecule has 4 rings (SSSR count). The van der Waals surface area contributed by atoms with E-state index in [2.05, 4.69) is 4.98 Å². The highest BCUT2D eigenvalue weighted by Crippen LogP contribution is 2.30. The number of carbonyl (C=O) groups is 1. The third-order valence-electron chi connectivity index (χ3n) is 5.91. The highest BCUT2D eigenvalue weighted by atomic mass is 32.2. The van der Waals surface area contributed by atoms with Crippen LogP contribution in [-0.4, -0.2) is 59.1 Å². The van der Waals surface area contributed by atoms with Crippen molar-refractivity contribution in [3.63, 3.8) is 0 Å². The largest absolute Gasteiger partial charge is 0.320 e.